The van der Waals surface area contributed by atoms with Crippen molar-refractivity contribution in [2.75, 3.05) is 19.7 Å². The SMILES string of the molecule is CCOc1ccccc1C(C)NCCCNC(=O)OC(C)(C)C. The van der Waals surface area contributed by atoms with Crippen LogP contribution in [0.4, 0.5) is 4.79 Å². The molecule has 0 saturated carbocycles. The van der Waals surface area contributed by atoms with Crippen molar-refractivity contribution in [1.29, 1.82) is 0 Å². The molecule has 0 fully saturated rings. The molecule has 2 N–H and O–H groups in total. The second kappa shape index (κ2) is 9.40. The zero-order valence-corrected chi connectivity index (χ0v) is 14.9. The first-order valence-electron chi connectivity index (χ1n) is 8.25. The first-order chi connectivity index (χ1) is 10.8. The van der Waals surface area contributed by atoms with E-state index in [0.717, 1.165) is 24.3 Å². The van der Waals surface area contributed by atoms with Crippen LogP contribution in [0.1, 0.15) is 52.6 Å². The molecule has 0 bridgehead atoms. The van der Waals surface area contributed by atoms with Gasteiger partial charge in [0.05, 0.1) is 6.61 Å². The van der Waals surface area contributed by atoms with Crippen LogP contribution >= 0.6 is 0 Å². The van der Waals surface area contributed by atoms with Gasteiger partial charge in [-0.15, -0.1) is 0 Å². The summed E-state index contributed by atoms with van der Waals surface area (Å²) in [6, 6.07) is 8.24. The van der Waals surface area contributed by atoms with Crippen LogP contribution in [0.15, 0.2) is 24.3 Å². The summed E-state index contributed by atoms with van der Waals surface area (Å²) in [4.78, 5) is 11.5. The van der Waals surface area contributed by atoms with E-state index in [1.807, 2.05) is 45.9 Å². The largest absolute Gasteiger partial charge is 0.494 e. The maximum atomic E-state index is 11.5. The van der Waals surface area contributed by atoms with Gasteiger partial charge in [0.1, 0.15) is 11.4 Å². The Labute approximate surface area is 139 Å². The van der Waals surface area contributed by atoms with Crippen LogP contribution in [0.3, 0.4) is 0 Å². The number of nitrogens with one attached hydrogen (secondary N) is 2. The standard InChI is InChI=1S/C18H30N2O3/c1-6-22-16-11-8-7-10-15(16)14(2)19-12-9-13-20-17(21)23-18(3,4)5/h7-8,10-11,14,19H,6,9,12-13H2,1-5H3,(H,20,21). The monoisotopic (exact) mass is 322 g/mol. The van der Waals surface area contributed by atoms with Gasteiger partial charge in [0, 0.05) is 18.2 Å². The highest BCUT2D eigenvalue weighted by molar-refractivity contribution is 5.67. The maximum Gasteiger partial charge on any atom is 0.407 e. The number of amides is 1. The molecule has 1 amide bonds. The fourth-order valence-electron chi connectivity index (χ4n) is 2.15. The molecule has 1 aromatic rings. The van der Waals surface area contributed by atoms with Gasteiger partial charge in [-0.3, -0.25) is 0 Å². The number of rotatable bonds is 8. The molecule has 5 nitrogen and oxygen atoms in total. The Morgan fingerprint density at radius 2 is 1.91 bits per heavy atom. The summed E-state index contributed by atoms with van der Waals surface area (Å²) in [6.07, 6.45) is 0.465. The Kier molecular flexibility index (Phi) is 7.89. The fraction of sp³-hybridized carbons (Fsp3) is 0.611. The van der Waals surface area contributed by atoms with Crippen molar-refractivity contribution >= 4 is 6.09 Å². The van der Waals surface area contributed by atoms with Gasteiger partial charge >= 0.3 is 6.09 Å². The summed E-state index contributed by atoms with van der Waals surface area (Å²) in [5.41, 5.74) is 0.689. The van der Waals surface area contributed by atoms with Crippen LogP contribution in [0.5, 0.6) is 5.75 Å². The minimum atomic E-state index is -0.458. The van der Waals surface area contributed by atoms with E-state index in [4.69, 9.17) is 9.47 Å². The van der Waals surface area contributed by atoms with Crippen molar-refractivity contribution in [2.24, 2.45) is 0 Å². The molecular weight excluding hydrogens is 292 g/mol. The average Bonchev–Trinajstić information content (AvgIpc) is 2.45. The highest BCUT2D eigenvalue weighted by atomic mass is 16.6. The summed E-state index contributed by atoms with van der Waals surface area (Å²) in [5, 5.41) is 6.21. The van der Waals surface area contributed by atoms with Gasteiger partial charge in [0.2, 0.25) is 0 Å². The number of ether oxygens (including phenoxy) is 2. The zero-order chi connectivity index (χ0) is 17.3. The number of carbonyl (C=O) groups excluding carboxylic acids is 1. The predicted molar refractivity (Wildman–Crippen MR) is 92.9 cm³/mol. The van der Waals surface area contributed by atoms with Crippen LogP contribution < -0.4 is 15.4 Å². The van der Waals surface area contributed by atoms with Gasteiger partial charge in [-0.1, -0.05) is 18.2 Å². The Morgan fingerprint density at radius 1 is 1.22 bits per heavy atom. The van der Waals surface area contributed by atoms with E-state index in [2.05, 4.69) is 23.6 Å². The first-order valence-corrected chi connectivity index (χ1v) is 8.25. The van der Waals surface area contributed by atoms with Gasteiger partial charge in [0.15, 0.2) is 0 Å². The van der Waals surface area contributed by atoms with Crippen LogP contribution in [-0.2, 0) is 4.74 Å². The predicted octanol–water partition coefficient (Wildman–Crippen LogP) is 3.65. The number of alkyl carbamates (subject to hydrolysis) is 1. The lowest BCUT2D eigenvalue weighted by atomic mass is 10.1. The zero-order valence-electron chi connectivity index (χ0n) is 14.9. The van der Waals surface area contributed by atoms with Crippen LogP contribution in [0, 0.1) is 0 Å². The molecule has 1 atom stereocenters. The fourth-order valence-corrected chi connectivity index (χ4v) is 2.15. The normalized spacial score (nSPS) is 12.6. The molecule has 1 rings (SSSR count). The third-order valence-electron chi connectivity index (χ3n) is 3.16. The molecule has 130 valence electrons. The Bertz CT molecular complexity index is 483. The first kappa shape index (κ1) is 19.3. The third kappa shape index (κ3) is 7.88. The van der Waals surface area contributed by atoms with Crippen LogP contribution in [0.2, 0.25) is 0 Å². The van der Waals surface area contributed by atoms with E-state index >= 15 is 0 Å². The molecule has 0 aliphatic rings. The van der Waals surface area contributed by atoms with E-state index in [-0.39, 0.29) is 12.1 Å². The molecule has 0 spiro atoms. The molecule has 5 heteroatoms. The number of hydrogen-bond acceptors (Lipinski definition) is 4. The summed E-state index contributed by atoms with van der Waals surface area (Å²) < 4.78 is 10.8. The second-order valence-corrected chi connectivity index (χ2v) is 6.43. The Balaban J connectivity index is 2.29. The highest BCUT2D eigenvalue weighted by Crippen LogP contribution is 2.24. The van der Waals surface area contributed by atoms with Crippen molar-refractivity contribution < 1.29 is 14.3 Å². The minimum absolute atomic E-state index is 0.194. The summed E-state index contributed by atoms with van der Waals surface area (Å²) in [7, 11) is 0. The van der Waals surface area contributed by atoms with Crippen molar-refractivity contribution in [2.45, 2.75) is 52.7 Å². The van der Waals surface area contributed by atoms with Gasteiger partial charge in [0.25, 0.3) is 0 Å². The van der Waals surface area contributed by atoms with E-state index in [1.54, 1.807) is 0 Å². The molecule has 23 heavy (non-hydrogen) atoms. The van der Waals surface area contributed by atoms with Crippen LogP contribution in [-0.4, -0.2) is 31.4 Å². The van der Waals surface area contributed by atoms with Gasteiger partial charge in [-0.05, 0) is 53.7 Å². The highest BCUT2D eigenvalue weighted by Gasteiger charge is 2.15. The molecule has 1 aromatic carbocycles. The molecule has 0 aliphatic heterocycles. The molecule has 0 saturated heterocycles. The molecule has 0 aliphatic carbocycles. The lowest BCUT2D eigenvalue weighted by Gasteiger charge is -2.20. The third-order valence-corrected chi connectivity index (χ3v) is 3.16. The average molecular weight is 322 g/mol. The molecule has 0 radical (unpaired) electrons. The van der Waals surface area contributed by atoms with Crippen molar-refractivity contribution in [3.05, 3.63) is 29.8 Å². The second-order valence-electron chi connectivity index (χ2n) is 6.43. The Hall–Kier alpha value is -1.75. The van der Waals surface area contributed by atoms with E-state index < -0.39 is 5.60 Å². The molecule has 0 heterocycles. The van der Waals surface area contributed by atoms with E-state index in [0.29, 0.717) is 13.2 Å². The number of benzene rings is 1. The van der Waals surface area contributed by atoms with E-state index in [9.17, 15) is 4.79 Å². The van der Waals surface area contributed by atoms with E-state index in [1.165, 1.54) is 0 Å². The van der Waals surface area contributed by atoms with Gasteiger partial charge < -0.3 is 20.1 Å². The van der Waals surface area contributed by atoms with Crippen molar-refractivity contribution in [3.8, 4) is 5.75 Å². The van der Waals surface area contributed by atoms with Crippen molar-refractivity contribution in [3.63, 3.8) is 0 Å². The molecule has 0 aromatic heterocycles. The maximum absolute atomic E-state index is 11.5. The lowest BCUT2D eigenvalue weighted by molar-refractivity contribution is 0.0527. The number of hydrogen-bond donors (Lipinski definition) is 2. The summed E-state index contributed by atoms with van der Waals surface area (Å²) in [5.74, 6) is 0.918. The quantitative estimate of drug-likeness (QED) is 0.717. The number of para-hydroxylation sites is 1. The topological polar surface area (TPSA) is 59.6 Å². The minimum Gasteiger partial charge on any atom is -0.494 e. The summed E-state index contributed by atoms with van der Waals surface area (Å²) >= 11 is 0. The van der Waals surface area contributed by atoms with Gasteiger partial charge in [-0.25, -0.2) is 4.79 Å². The van der Waals surface area contributed by atoms with Gasteiger partial charge in [-0.2, -0.15) is 0 Å². The Morgan fingerprint density at radius 3 is 2.57 bits per heavy atom. The molecule has 1 unspecified atom stereocenters. The smallest absolute Gasteiger partial charge is 0.407 e. The number of carbonyl (C=O) groups is 1. The van der Waals surface area contributed by atoms with Crippen molar-refractivity contribution in [1.82, 2.24) is 10.6 Å². The molecular formula is C18H30N2O3. The summed E-state index contributed by atoms with van der Waals surface area (Å²) in [6.45, 7) is 11.7. The van der Waals surface area contributed by atoms with Crippen LogP contribution in [0.25, 0.3) is 0 Å². The lowest BCUT2D eigenvalue weighted by Crippen LogP contribution is -2.34.